The van der Waals surface area contributed by atoms with E-state index >= 15 is 0 Å². The van der Waals surface area contributed by atoms with Crippen LogP contribution in [0.1, 0.15) is 19.8 Å². The summed E-state index contributed by atoms with van der Waals surface area (Å²) in [6.07, 6.45) is -0.719. The lowest BCUT2D eigenvalue weighted by atomic mass is 9.97. The lowest BCUT2D eigenvalue weighted by Crippen LogP contribution is -2.26. The van der Waals surface area contributed by atoms with E-state index in [0.29, 0.717) is 28.5 Å². The Labute approximate surface area is 180 Å². The van der Waals surface area contributed by atoms with Crippen LogP contribution in [0, 0.1) is 29.5 Å². The highest BCUT2D eigenvalue weighted by atomic mass is 19.4. The van der Waals surface area contributed by atoms with Gasteiger partial charge in [-0.05, 0) is 54.9 Å². The molecule has 1 N–H and O–H groups in total. The van der Waals surface area contributed by atoms with Gasteiger partial charge in [0.05, 0.1) is 11.6 Å². The molecule has 5 rings (SSSR count). The third-order valence-corrected chi connectivity index (χ3v) is 6.52. The Morgan fingerprint density at radius 3 is 2.66 bits per heavy atom. The third-order valence-electron chi connectivity index (χ3n) is 6.52. The van der Waals surface area contributed by atoms with Crippen molar-refractivity contribution in [2.24, 2.45) is 23.7 Å². The molecule has 6 nitrogen and oxygen atoms in total. The Hall–Kier alpha value is -3.17. The summed E-state index contributed by atoms with van der Waals surface area (Å²) in [6.45, 7) is 1.79. The predicted molar refractivity (Wildman–Crippen MR) is 107 cm³/mol. The quantitative estimate of drug-likeness (QED) is 0.574. The van der Waals surface area contributed by atoms with Crippen molar-refractivity contribution in [3.05, 3.63) is 48.5 Å². The number of pyridine rings is 1. The van der Waals surface area contributed by atoms with Gasteiger partial charge in [-0.15, -0.1) is 18.3 Å². The Morgan fingerprint density at radius 2 is 1.97 bits per heavy atom. The van der Waals surface area contributed by atoms with Gasteiger partial charge in [-0.3, -0.25) is 9.78 Å². The predicted octanol–water partition coefficient (Wildman–Crippen LogP) is 4.72. The van der Waals surface area contributed by atoms with Crippen LogP contribution in [0.25, 0.3) is 10.9 Å². The van der Waals surface area contributed by atoms with Gasteiger partial charge in [-0.2, -0.15) is 4.68 Å². The number of aromatic nitrogens is 3. The first-order valence-electron chi connectivity index (χ1n) is 10.4. The number of anilines is 1. The van der Waals surface area contributed by atoms with Crippen molar-refractivity contribution in [2.45, 2.75) is 32.2 Å². The lowest BCUT2D eigenvalue weighted by molar-refractivity contribution is -0.212. The third kappa shape index (κ3) is 3.78. The zero-order valence-corrected chi connectivity index (χ0v) is 17.0. The molecule has 2 heterocycles. The summed E-state index contributed by atoms with van der Waals surface area (Å²) in [5.74, 6) is 0.210. The fraction of sp³-hybridized carbons (Fsp3) is 0.409. The Kier molecular flexibility index (Phi) is 4.83. The first-order chi connectivity index (χ1) is 15.2. The first-order valence-corrected chi connectivity index (χ1v) is 10.4. The molecule has 3 aromatic rings. The van der Waals surface area contributed by atoms with Crippen molar-refractivity contribution in [3.8, 4) is 5.75 Å². The molecule has 0 spiro atoms. The molecule has 2 aromatic heterocycles. The van der Waals surface area contributed by atoms with Crippen LogP contribution in [-0.4, -0.2) is 26.8 Å². The highest BCUT2D eigenvalue weighted by molar-refractivity contribution is 5.92. The first kappa shape index (κ1) is 20.7. The topological polar surface area (TPSA) is 69.0 Å². The zero-order chi connectivity index (χ0) is 22.6. The minimum Gasteiger partial charge on any atom is -0.490 e. The monoisotopic (exact) mass is 448 g/mol. The van der Waals surface area contributed by atoms with E-state index < -0.39 is 6.30 Å². The second kappa shape index (κ2) is 7.46. The van der Waals surface area contributed by atoms with Crippen LogP contribution in [0.4, 0.5) is 23.4 Å². The Morgan fingerprint density at radius 1 is 1.22 bits per heavy atom. The summed E-state index contributed by atoms with van der Waals surface area (Å²) in [5.41, 5.74) is 0.656. The zero-order valence-electron chi connectivity index (χ0n) is 17.0. The van der Waals surface area contributed by atoms with E-state index in [9.17, 15) is 22.4 Å². The molecular weight excluding hydrogens is 428 g/mol. The lowest BCUT2D eigenvalue weighted by Gasteiger charge is -2.20. The van der Waals surface area contributed by atoms with Crippen LogP contribution in [0.2, 0.25) is 0 Å². The molecule has 10 heteroatoms. The standard InChI is InChI=1S/C22H20F4N4O2/c1-11(21(31)28-19-5-7-30(29-19)22(24,25)26)20-14-9-13(10-15(14)20)32-18-4-6-27-17-3-2-12(23)8-16(17)18/h2-8,11,13-15,20H,9-10H2,1H3,(H,28,29,31)/t11?,13?,14-,15+,20?. The molecule has 2 aliphatic rings. The van der Waals surface area contributed by atoms with Gasteiger partial charge in [-0.25, -0.2) is 4.39 Å². The summed E-state index contributed by atoms with van der Waals surface area (Å²) in [6, 6.07) is 7.21. The molecule has 5 atom stereocenters. The van der Waals surface area contributed by atoms with Gasteiger partial charge in [0.2, 0.25) is 5.91 Å². The molecule has 1 amide bonds. The second-order valence-corrected chi connectivity index (χ2v) is 8.48. The fourth-order valence-electron chi connectivity index (χ4n) is 5.00. The van der Waals surface area contributed by atoms with Crippen LogP contribution in [0.3, 0.4) is 0 Å². The molecule has 0 saturated heterocycles. The van der Waals surface area contributed by atoms with Gasteiger partial charge >= 0.3 is 6.30 Å². The van der Waals surface area contributed by atoms with Gasteiger partial charge < -0.3 is 10.1 Å². The van der Waals surface area contributed by atoms with Crippen molar-refractivity contribution in [1.82, 2.24) is 14.8 Å². The minimum atomic E-state index is -4.62. The largest absolute Gasteiger partial charge is 0.504 e. The molecule has 0 radical (unpaired) electrons. The normalized spacial score (nSPS) is 25.4. The van der Waals surface area contributed by atoms with E-state index in [1.165, 1.54) is 12.1 Å². The summed E-state index contributed by atoms with van der Waals surface area (Å²) in [7, 11) is 0. The van der Waals surface area contributed by atoms with Crippen LogP contribution in [0.5, 0.6) is 5.75 Å². The number of nitrogens with one attached hydrogen (secondary N) is 1. The molecule has 168 valence electrons. The highest BCUT2D eigenvalue weighted by Gasteiger charge is 2.59. The van der Waals surface area contributed by atoms with E-state index in [-0.39, 0.29) is 40.2 Å². The van der Waals surface area contributed by atoms with Gasteiger partial charge in [-0.1, -0.05) is 6.92 Å². The number of ether oxygens (including phenoxy) is 1. The van der Waals surface area contributed by atoms with E-state index in [0.717, 1.165) is 25.1 Å². The number of carbonyl (C=O) groups is 1. The molecule has 1 aromatic carbocycles. The number of nitrogens with zero attached hydrogens (tertiary/aromatic N) is 3. The summed E-state index contributed by atoms with van der Waals surface area (Å²) in [5, 5.41) is 6.45. The summed E-state index contributed by atoms with van der Waals surface area (Å²) in [4.78, 5) is 16.7. The van der Waals surface area contributed by atoms with Crippen LogP contribution < -0.4 is 10.1 Å². The number of fused-ring (bicyclic) bond motifs is 2. The number of amides is 1. The van der Waals surface area contributed by atoms with Crippen LogP contribution in [0.15, 0.2) is 42.7 Å². The number of halogens is 4. The molecule has 0 aliphatic heterocycles. The molecule has 32 heavy (non-hydrogen) atoms. The molecule has 3 unspecified atom stereocenters. The number of alkyl halides is 3. The van der Waals surface area contributed by atoms with E-state index in [1.54, 1.807) is 25.3 Å². The molecule has 0 bridgehead atoms. The highest BCUT2D eigenvalue weighted by Crippen LogP contribution is 2.61. The van der Waals surface area contributed by atoms with Crippen molar-refractivity contribution >= 4 is 22.6 Å². The SMILES string of the molecule is CC(C(=O)Nc1ccn(C(F)(F)F)n1)C1[C@H]2CC(Oc3ccnc4ccc(F)cc34)C[C@@H]12. The smallest absolute Gasteiger partial charge is 0.490 e. The van der Waals surface area contributed by atoms with Crippen LogP contribution >= 0.6 is 0 Å². The number of benzene rings is 1. The van der Waals surface area contributed by atoms with Crippen molar-refractivity contribution in [1.29, 1.82) is 0 Å². The fourth-order valence-corrected chi connectivity index (χ4v) is 5.00. The maximum absolute atomic E-state index is 13.6. The van der Waals surface area contributed by atoms with Crippen molar-refractivity contribution in [3.63, 3.8) is 0 Å². The van der Waals surface area contributed by atoms with Gasteiger partial charge in [0.15, 0.2) is 5.82 Å². The van der Waals surface area contributed by atoms with Crippen LogP contribution in [-0.2, 0) is 11.1 Å². The Balaban J connectivity index is 1.18. The van der Waals surface area contributed by atoms with Gasteiger partial charge in [0.1, 0.15) is 11.6 Å². The summed E-state index contributed by atoms with van der Waals surface area (Å²) >= 11 is 0. The average Bonchev–Trinajstić information content (AvgIpc) is 3.08. The number of carbonyl (C=O) groups excluding carboxylic acids is 1. The molecular formula is C22H20F4N4O2. The summed E-state index contributed by atoms with van der Waals surface area (Å²) < 4.78 is 57.6. The molecule has 2 fully saturated rings. The van der Waals surface area contributed by atoms with Crippen molar-refractivity contribution < 1.29 is 27.1 Å². The van der Waals surface area contributed by atoms with E-state index in [4.69, 9.17) is 4.74 Å². The number of hydrogen-bond donors (Lipinski definition) is 1. The van der Waals surface area contributed by atoms with E-state index in [2.05, 4.69) is 15.4 Å². The molecule has 2 aliphatic carbocycles. The average molecular weight is 448 g/mol. The maximum Gasteiger partial charge on any atom is 0.504 e. The number of hydrogen-bond acceptors (Lipinski definition) is 4. The van der Waals surface area contributed by atoms with Gasteiger partial charge in [0, 0.05) is 29.8 Å². The number of rotatable bonds is 5. The Bertz CT molecular complexity index is 1170. The van der Waals surface area contributed by atoms with E-state index in [1.807, 2.05) is 0 Å². The van der Waals surface area contributed by atoms with Gasteiger partial charge in [0.25, 0.3) is 0 Å². The minimum absolute atomic E-state index is 0.0344. The molecule has 2 saturated carbocycles. The maximum atomic E-state index is 13.6. The van der Waals surface area contributed by atoms with Crippen molar-refractivity contribution in [2.75, 3.05) is 5.32 Å². The second-order valence-electron chi connectivity index (χ2n) is 8.48.